The summed E-state index contributed by atoms with van der Waals surface area (Å²) in [6.07, 6.45) is 7.31. The number of fused-ring (bicyclic) bond motifs is 1. The van der Waals surface area contributed by atoms with Gasteiger partial charge in [-0.25, -0.2) is 0 Å². The second kappa shape index (κ2) is 9.04. The van der Waals surface area contributed by atoms with Crippen LogP contribution < -0.4 is 4.90 Å². The number of anilines is 1. The highest BCUT2D eigenvalue weighted by Crippen LogP contribution is 2.29. The van der Waals surface area contributed by atoms with Crippen LogP contribution in [0, 0.1) is 12.8 Å². The van der Waals surface area contributed by atoms with Crippen molar-refractivity contribution < 1.29 is 0 Å². The summed E-state index contributed by atoms with van der Waals surface area (Å²) in [7, 11) is 4.36. The van der Waals surface area contributed by atoms with Gasteiger partial charge in [-0.2, -0.15) is 0 Å². The third kappa shape index (κ3) is 4.67. The van der Waals surface area contributed by atoms with Gasteiger partial charge in [0.05, 0.1) is 5.52 Å². The molecule has 0 saturated carbocycles. The predicted molar refractivity (Wildman–Crippen MR) is 125 cm³/mol. The van der Waals surface area contributed by atoms with Crippen molar-refractivity contribution in [2.75, 3.05) is 38.6 Å². The molecule has 0 aliphatic carbocycles. The molecular formula is C26H35N3. The van der Waals surface area contributed by atoms with E-state index in [1.54, 1.807) is 0 Å². The Morgan fingerprint density at radius 3 is 2.55 bits per heavy atom. The van der Waals surface area contributed by atoms with Crippen LogP contribution in [0.4, 0.5) is 5.69 Å². The highest BCUT2D eigenvalue weighted by molar-refractivity contribution is 5.83. The first-order chi connectivity index (χ1) is 14.1. The van der Waals surface area contributed by atoms with E-state index in [1.165, 1.54) is 66.6 Å². The van der Waals surface area contributed by atoms with E-state index in [1.807, 2.05) is 0 Å². The van der Waals surface area contributed by atoms with Gasteiger partial charge in [-0.3, -0.25) is 0 Å². The molecule has 0 unspecified atom stereocenters. The van der Waals surface area contributed by atoms with Gasteiger partial charge in [0, 0.05) is 31.5 Å². The van der Waals surface area contributed by atoms with Crippen molar-refractivity contribution >= 4 is 16.6 Å². The van der Waals surface area contributed by atoms with E-state index in [-0.39, 0.29) is 0 Å². The van der Waals surface area contributed by atoms with E-state index in [9.17, 15) is 0 Å². The molecule has 3 nitrogen and oxygen atoms in total. The van der Waals surface area contributed by atoms with Gasteiger partial charge >= 0.3 is 0 Å². The lowest BCUT2D eigenvalue weighted by atomic mass is 9.92. The summed E-state index contributed by atoms with van der Waals surface area (Å²) in [5.41, 5.74) is 5.67. The lowest BCUT2D eigenvalue weighted by Gasteiger charge is -2.35. The minimum Gasteiger partial charge on any atom is -0.371 e. The molecule has 0 bridgehead atoms. The van der Waals surface area contributed by atoms with Gasteiger partial charge in [0.1, 0.15) is 0 Å². The van der Waals surface area contributed by atoms with Gasteiger partial charge in [-0.1, -0.05) is 36.4 Å². The Bertz CT molecular complexity index is 932. The van der Waals surface area contributed by atoms with Gasteiger partial charge in [-0.05, 0) is 87.8 Å². The first-order valence-corrected chi connectivity index (χ1v) is 11.1. The van der Waals surface area contributed by atoms with E-state index in [2.05, 4.69) is 90.1 Å². The first-order valence-electron chi connectivity index (χ1n) is 11.1. The molecule has 1 aliphatic rings. The third-order valence-electron chi connectivity index (χ3n) is 6.54. The van der Waals surface area contributed by atoms with Crippen LogP contribution >= 0.6 is 0 Å². The zero-order chi connectivity index (χ0) is 20.2. The second-order valence-electron chi connectivity index (χ2n) is 8.92. The number of rotatable bonds is 7. The van der Waals surface area contributed by atoms with Crippen molar-refractivity contribution in [1.82, 2.24) is 9.47 Å². The number of nitrogens with zero attached hydrogens (tertiary/aromatic N) is 3. The van der Waals surface area contributed by atoms with Crippen molar-refractivity contribution in [3.63, 3.8) is 0 Å². The fourth-order valence-electron chi connectivity index (χ4n) is 4.81. The third-order valence-corrected chi connectivity index (χ3v) is 6.54. The Morgan fingerprint density at radius 2 is 1.76 bits per heavy atom. The highest BCUT2D eigenvalue weighted by atomic mass is 15.1. The molecule has 2 heterocycles. The van der Waals surface area contributed by atoms with Gasteiger partial charge in [0.2, 0.25) is 0 Å². The van der Waals surface area contributed by atoms with E-state index in [0.717, 1.165) is 18.9 Å². The second-order valence-corrected chi connectivity index (χ2v) is 8.92. The van der Waals surface area contributed by atoms with Crippen molar-refractivity contribution in [3.8, 4) is 0 Å². The number of piperidine rings is 1. The number of aromatic nitrogens is 1. The van der Waals surface area contributed by atoms with E-state index < -0.39 is 0 Å². The maximum atomic E-state index is 2.63. The molecular weight excluding hydrogens is 354 g/mol. The zero-order valence-electron chi connectivity index (χ0n) is 18.3. The SMILES string of the molecule is Cc1cccc2ccn(CCc3ccccc3N3CCC(CCN(C)C)CC3)c12. The maximum absolute atomic E-state index is 2.63. The quantitative estimate of drug-likeness (QED) is 0.539. The Kier molecular flexibility index (Phi) is 6.25. The van der Waals surface area contributed by atoms with Crippen LogP contribution in [0.5, 0.6) is 0 Å². The molecule has 3 aromatic rings. The van der Waals surface area contributed by atoms with Gasteiger partial charge < -0.3 is 14.4 Å². The Hall–Kier alpha value is -2.26. The number of benzene rings is 2. The monoisotopic (exact) mass is 389 g/mol. The fraction of sp³-hybridized carbons (Fsp3) is 0.462. The standard InChI is InChI=1S/C26H35N3/c1-21-7-6-9-24-15-20-29(26(21)24)19-14-23-8-4-5-10-25(23)28-17-12-22(13-18-28)11-16-27(2)3/h4-10,15,20,22H,11-14,16-19H2,1-3H3. The maximum Gasteiger partial charge on any atom is 0.0510 e. The number of hydrogen-bond acceptors (Lipinski definition) is 2. The van der Waals surface area contributed by atoms with Crippen LogP contribution in [0.25, 0.3) is 10.9 Å². The smallest absolute Gasteiger partial charge is 0.0510 e. The lowest BCUT2D eigenvalue weighted by Crippen LogP contribution is -2.35. The molecule has 1 aliphatic heterocycles. The van der Waals surface area contributed by atoms with Crippen molar-refractivity contribution in [3.05, 3.63) is 65.9 Å². The molecule has 2 aromatic carbocycles. The molecule has 0 amide bonds. The van der Waals surface area contributed by atoms with E-state index in [4.69, 9.17) is 0 Å². The van der Waals surface area contributed by atoms with Crippen molar-refractivity contribution in [2.24, 2.45) is 5.92 Å². The van der Waals surface area contributed by atoms with Crippen LogP contribution in [0.1, 0.15) is 30.4 Å². The minimum absolute atomic E-state index is 0.884. The summed E-state index contributed by atoms with van der Waals surface area (Å²) < 4.78 is 2.43. The Balaban J connectivity index is 1.42. The van der Waals surface area contributed by atoms with Crippen molar-refractivity contribution in [1.29, 1.82) is 0 Å². The van der Waals surface area contributed by atoms with E-state index >= 15 is 0 Å². The van der Waals surface area contributed by atoms with Gasteiger partial charge in [0.25, 0.3) is 0 Å². The largest absolute Gasteiger partial charge is 0.371 e. The predicted octanol–water partition coefficient (Wildman–Crippen LogP) is 5.36. The topological polar surface area (TPSA) is 11.4 Å². The molecule has 4 rings (SSSR count). The molecule has 0 N–H and O–H groups in total. The lowest BCUT2D eigenvalue weighted by molar-refractivity contribution is 0.313. The van der Waals surface area contributed by atoms with Crippen LogP contribution in [0.2, 0.25) is 0 Å². The summed E-state index contributed by atoms with van der Waals surface area (Å²) >= 11 is 0. The zero-order valence-corrected chi connectivity index (χ0v) is 18.3. The molecule has 154 valence electrons. The van der Waals surface area contributed by atoms with Crippen LogP contribution in [0.15, 0.2) is 54.7 Å². The molecule has 29 heavy (non-hydrogen) atoms. The summed E-state index contributed by atoms with van der Waals surface area (Å²) in [6, 6.07) is 17.9. The Morgan fingerprint density at radius 1 is 0.966 bits per heavy atom. The Labute approximate surface area is 175 Å². The van der Waals surface area contributed by atoms with Crippen LogP contribution in [-0.2, 0) is 13.0 Å². The summed E-state index contributed by atoms with van der Waals surface area (Å²) in [5.74, 6) is 0.884. The van der Waals surface area contributed by atoms with Gasteiger partial charge in [-0.15, -0.1) is 0 Å². The molecule has 0 atom stereocenters. The molecule has 0 spiro atoms. The van der Waals surface area contributed by atoms with Crippen molar-refractivity contribution in [2.45, 2.75) is 39.2 Å². The fourth-order valence-corrected chi connectivity index (χ4v) is 4.81. The molecule has 1 aromatic heterocycles. The number of hydrogen-bond donors (Lipinski definition) is 0. The highest BCUT2D eigenvalue weighted by Gasteiger charge is 2.21. The molecule has 0 radical (unpaired) electrons. The minimum atomic E-state index is 0.884. The number of aryl methyl sites for hydroxylation is 3. The molecule has 3 heteroatoms. The first kappa shape index (κ1) is 20.0. The van der Waals surface area contributed by atoms with Crippen LogP contribution in [0.3, 0.4) is 0 Å². The average Bonchev–Trinajstić information content (AvgIpc) is 3.16. The van der Waals surface area contributed by atoms with E-state index in [0.29, 0.717) is 0 Å². The van der Waals surface area contributed by atoms with Gasteiger partial charge in [0.15, 0.2) is 0 Å². The normalized spacial score (nSPS) is 15.5. The summed E-state index contributed by atoms with van der Waals surface area (Å²) in [5, 5.41) is 1.35. The van der Waals surface area contributed by atoms with Crippen LogP contribution in [-0.4, -0.2) is 43.2 Å². The average molecular weight is 390 g/mol. The molecule has 1 fully saturated rings. The summed E-state index contributed by atoms with van der Waals surface area (Å²) in [4.78, 5) is 4.94. The summed E-state index contributed by atoms with van der Waals surface area (Å²) in [6.45, 7) is 6.85. The molecule has 1 saturated heterocycles. The number of para-hydroxylation sites is 2.